The molecule has 1 saturated heterocycles. The smallest absolute Gasteiger partial charge is 0.296 e. The van der Waals surface area contributed by atoms with Gasteiger partial charge >= 0.3 is 0 Å². The molecule has 1 aromatic rings. The van der Waals surface area contributed by atoms with Crippen molar-refractivity contribution >= 4 is 17.4 Å². The van der Waals surface area contributed by atoms with Crippen molar-refractivity contribution < 1.29 is 19.4 Å². The maximum Gasteiger partial charge on any atom is 0.296 e. The van der Waals surface area contributed by atoms with E-state index >= 15 is 0 Å². The van der Waals surface area contributed by atoms with E-state index in [2.05, 4.69) is 4.90 Å². The van der Waals surface area contributed by atoms with Crippen molar-refractivity contribution in [1.82, 2.24) is 9.80 Å². The van der Waals surface area contributed by atoms with E-state index in [1.165, 1.54) is 0 Å². The van der Waals surface area contributed by atoms with E-state index in [4.69, 9.17) is 4.74 Å². The van der Waals surface area contributed by atoms with Gasteiger partial charge in [-0.25, -0.2) is 0 Å². The molecule has 2 aliphatic heterocycles. The van der Waals surface area contributed by atoms with Gasteiger partial charge in [-0.2, -0.15) is 0 Å². The molecule has 2 aliphatic rings. The highest BCUT2D eigenvalue weighted by Gasteiger charge is 2.38. The number of ether oxygens (including phenoxy) is 1. The molecule has 0 saturated carbocycles. The summed E-state index contributed by atoms with van der Waals surface area (Å²) < 4.78 is 5.30. The molecule has 6 heteroatoms. The number of imide groups is 1. The predicted molar refractivity (Wildman–Crippen MR) is 89.3 cm³/mol. The van der Waals surface area contributed by atoms with Crippen molar-refractivity contribution in [3.63, 3.8) is 0 Å². The molecule has 1 aromatic carbocycles. The van der Waals surface area contributed by atoms with Crippen molar-refractivity contribution in [2.24, 2.45) is 0 Å². The molecule has 0 spiro atoms. The van der Waals surface area contributed by atoms with Crippen LogP contribution in [0.15, 0.2) is 30.0 Å². The van der Waals surface area contributed by atoms with Crippen LogP contribution < -0.4 is 0 Å². The lowest BCUT2D eigenvalue weighted by molar-refractivity contribution is -0.138. The summed E-state index contributed by atoms with van der Waals surface area (Å²) in [4.78, 5) is 28.2. The molecular weight excluding hydrogens is 308 g/mol. The molecular formula is C18H22N2O4. The Morgan fingerprint density at radius 1 is 1.04 bits per heavy atom. The van der Waals surface area contributed by atoms with E-state index in [1.54, 1.807) is 12.1 Å². The summed E-state index contributed by atoms with van der Waals surface area (Å²) in [5, 5.41) is 10.1. The van der Waals surface area contributed by atoms with E-state index in [9.17, 15) is 14.7 Å². The highest BCUT2D eigenvalue weighted by Crippen LogP contribution is 2.28. The van der Waals surface area contributed by atoms with Gasteiger partial charge in [0.25, 0.3) is 11.8 Å². The fourth-order valence-corrected chi connectivity index (χ4v) is 3.02. The molecule has 0 aromatic heterocycles. The number of aliphatic hydroxyl groups excluding tert-OH is 1. The normalized spacial score (nSPS) is 19.5. The fourth-order valence-electron chi connectivity index (χ4n) is 3.02. The molecule has 2 amide bonds. The van der Waals surface area contributed by atoms with Gasteiger partial charge in [-0.1, -0.05) is 29.8 Å². The van der Waals surface area contributed by atoms with Crippen molar-refractivity contribution in [2.45, 2.75) is 13.3 Å². The van der Waals surface area contributed by atoms with Crippen molar-refractivity contribution in [1.29, 1.82) is 0 Å². The Morgan fingerprint density at radius 3 is 2.38 bits per heavy atom. The molecule has 1 fully saturated rings. The van der Waals surface area contributed by atoms with E-state index < -0.39 is 17.6 Å². The number of nitrogens with zero attached hydrogens (tertiary/aromatic N) is 2. The van der Waals surface area contributed by atoms with E-state index in [-0.39, 0.29) is 5.57 Å². The van der Waals surface area contributed by atoms with Crippen LogP contribution in [0.3, 0.4) is 0 Å². The van der Waals surface area contributed by atoms with E-state index in [0.717, 1.165) is 43.3 Å². The van der Waals surface area contributed by atoms with Crippen molar-refractivity contribution in [2.75, 3.05) is 39.4 Å². The number of rotatable bonds is 5. The van der Waals surface area contributed by atoms with Gasteiger partial charge in [-0.05, 0) is 18.9 Å². The zero-order valence-electron chi connectivity index (χ0n) is 13.8. The minimum atomic E-state index is -0.599. The fraction of sp³-hybridized carbons (Fsp3) is 0.444. The molecule has 0 radical (unpaired) electrons. The van der Waals surface area contributed by atoms with Gasteiger partial charge in [0.05, 0.1) is 18.8 Å². The minimum Gasteiger partial charge on any atom is -0.502 e. The number of amides is 2. The Kier molecular flexibility index (Phi) is 4.97. The zero-order chi connectivity index (χ0) is 17.1. The quantitative estimate of drug-likeness (QED) is 0.826. The number of aryl methyl sites for hydroxylation is 1. The van der Waals surface area contributed by atoms with E-state index in [1.807, 2.05) is 19.1 Å². The number of carbonyl (C=O) groups is 2. The summed E-state index contributed by atoms with van der Waals surface area (Å²) in [5.41, 5.74) is 1.73. The second-order valence-corrected chi connectivity index (χ2v) is 6.16. The SMILES string of the molecule is Cc1ccc(C2=C(O)C(=O)N(CCCN3CCOCC3)C2=O)cc1. The Hall–Kier alpha value is -2.18. The number of carbonyl (C=O) groups excluding carboxylic acids is 2. The predicted octanol–water partition coefficient (Wildman–Crippen LogP) is 1.36. The first-order valence-corrected chi connectivity index (χ1v) is 8.24. The second kappa shape index (κ2) is 7.15. The third-order valence-electron chi connectivity index (χ3n) is 4.44. The van der Waals surface area contributed by atoms with Gasteiger partial charge in [-0.15, -0.1) is 0 Å². The Balaban J connectivity index is 1.63. The second-order valence-electron chi connectivity index (χ2n) is 6.16. The largest absolute Gasteiger partial charge is 0.502 e. The summed E-state index contributed by atoms with van der Waals surface area (Å²) >= 11 is 0. The number of benzene rings is 1. The lowest BCUT2D eigenvalue weighted by atomic mass is 10.0. The van der Waals surface area contributed by atoms with Crippen LogP contribution in [0.1, 0.15) is 17.5 Å². The van der Waals surface area contributed by atoms with Crippen LogP contribution in [0.4, 0.5) is 0 Å². The monoisotopic (exact) mass is 330 g/mol. The van der Waals surface area contributed by atoms with Crippen LogP contribution in [-0.4, -0.2) is 66.1 Å². The van der Waals surface area contributed by atoms with Gasteiger partial charge in [0.1, 0.15) is 0 Å². The van der Waals surface area contributed by atoms with Gasteiger partial charge < -0.3 is 9.84 Å². The maximum atomic E-state index is 12.5. The number of hydrogen-bond acceptors (Lipinski definition) is 5. The summed E-state index contributed by atoms with van der Waals surface area (Å²) in [6.07, 6.45) is 0.686. The van der Waals surface area contributed by atoms with Gasteiger partial charge in [0.15, 0.2) is 5.76 Å². The highest BCUT2D eigenvalue weighted by atomic mass is 16.5. The number of morpholine rings is 1. The molecule has 6 nitrogen and oxygen atoms in total. The van der Waals surface area contributed by atoms with Crippen LogP contribution in [-0.2, 0) is 14.3 Å². The van der Waals surface area contributed by atoms with Crippen LogP contribution in [0.25, 0.3) is 5.57 Å². The molecule has 24 heavy (non-hydrogen) atoms. The molecule has 3 rings (SSSR count). The summed E-state index contributed by atoms with van der Waals surface area (Å²) in [7, 11) is 0. The molecule has 0 aliphatic carbocycles. The zero-order valence-corrected chi connectivity index (χ0v) is 13.8. The summed E-state index contributed by atoms with van der Waals surface area (Å²) in [6, 6.07) is 7.22. The number of aliphatic hydroxyl groups is 1. The first kappa shape index (κ1) is 16.7. The first-order valence-electron chi connectivity index (χ1n) is 8.24. The molecule has 2 heterocycles. The number of hydrogen-bond donors (Lipinski definition) is 1. The Morgan fingerprint density at radius 2 is 1.71 bits per heavy atom. The maximum absolute atomic E-state index is 12.5. The summed E-state index contributed by atoms with van der Waals surface area (Å²) in [6.45, 7) is 6.26. The van der Waals surface area contributed by atoms with Crippen LogP contribution in [0.2, 0.25) is 0 Å². The summed E-state index contributed by atoms with van der Waals surface area (Å²) in [5.74, 6) is -1.46. The van der Waals surface area contributed by atoms with Crippen molar-refractivity contribution in [3.8, 4) is 0 Å². The lowest BCUT2D eigenvalue weighted by Crippen LogP contribution is -2.39. The van der Waals surface area contributed by atoms with Gasteiger partial charge in [0, 0.05) is 26.2 Å². The van der Waals surface area contributed by atoms with Crippen LogP contribution in [0.5, 0.6) is 0 Å². The third-order valence-corrected chi connectivity index (χ3v) is 4.44. The highest BCUT2D eigenvalue weighted by molar-refractivity contribution is 6.34. The first-order chi connectivity index (χ1) is 11.6. The van der Waals surface area contributed by atoms with Gasteiger partial charge in [-0.3, -0.25) is 19.4 Å². The third kappa shape index (κ3) is 3.34. The lowest BCUT2D eigenvalue weighted by Gasteiger charge is -2.27. The Labute approximate surface area is 141 Å². The van der Waals surface area contributed by atoms with E-state index in [0.29, 0.717) is 18.5 Å². The van der Waals surface area contributed by atoms with Crippen LogP contribution >= 0.6 is 0 Å². The standard InChI is InChI=1S/C18H22N2O4/c1-13-3-5-14(6-4-13)15-16(21)18(23)20(17(15)22)8-2-7-19-9-11-24-12-10-19/h3-6,21H,2,7-12H2,1H3. The molecule has 128 valence electrons. The topological polar surface area (TPSA) is 70.1 Å². The minimum absolute atomic E-state index is 0.103. The van der Waals surface area contributed by atoms with Crippen LogP contribution in [0, 0.1) is 6.92 Å². The average Bonchev–Trinajstić information content (AvgIpc) is 2.80. The molecule has 0 atom stereocenters. The molecule has 0 bridgehead atoms. The average molecular weight is 330 g/mol. The molecule has 1 N–H and O–H groups in total. The van der Waals surface area contributed by atoms with Gasteiger partial charge in [0.2, 0.25) is 0 Å². The van der Waals surface area contributed by atoms with Crippen molar-refractivity contribution in [3.05, 3.63) is 41.2 Å². The molecule has 0 unspecified atom stereocenters. The Bertz CT molecular complexity index is 660.